The number of aromatic nitrogens is 1. The van der Waals surface area contributed by atoms with Crippen molar-refractivity contribution in [1.82, 2.24) is 4.57 Å². The number of hydrogen-bond acceptors (Lipinski definition) is 9. The quantitative estimate of drug-likeness (QED) is 0.582. The molecule has 1 amide bonds. The van der Waals surface area contributed by atoms with Crippen LogP contribution < -0.4 is 20.9 Å². The first-order valence-corrected chi connectivity index (χ1v) is 11.9. The van der Waals surface area contributed by atoms with Crippen molar-refractivity contribution in [3.8, 4) is 5.75 Å². The van der Waals surface area contributed by atoms with Crippen molar-refractivity contribution in [3.63, 3.8) is 0 Å². The molecule has 37 heavy (non-hydrogen) atoms. The molecule has 1 saturated heterocycles. The zero-order valence-electron chi connectivity index (χ0n) is 20.7. The normalized spacial score (nSPS) is 22.1. The Kier molecular flexibility index (Phi) is 6.03. The van der Waals surface area contributed by atoms with Crippen LogP contribution in [-0.2, 0) is 40.6 Å². The van der Waals surface area contributed by atoms with Crippen molar-refractivity contribution in [3.05, 3.63) is 69.0 Å². The van der Waals surface area contributed by atoms with Crippen LogP contribution in [0.2, 0.25) is 0 Å². The molecule has 1 fully saturated rings. The van der Waals surface area contributed by atoms with Crippen LogP contribution in [0.1, 0.15) is 29.7 Å². The van der Waals surface area contributed by atoms with Gasteiger partial charge in [0, 0.05) is 29.6 Å². The van der Waals surface area contributed by atoms with Crippen LogP contribution in [0, 0.1) is 6.92 Å². The lowest BCUT2D eigenvalue weighted by Crippen LogP contribution is -2.52. The van der Waals surface area contributed by atoms with Crippen molar-refractivity contribution >= 4 is 23.5 Å². The Morgan fingerprint density at radius 1 is 1.19 bits per heavy atom. The number of carbonyl (C=O) groups is 3. The minimum Gasteiger partial charge on any atom is -0.468 e. The highest BCUT2D eigenvalue weighted by atomic mass is 16.5. The number of amides is 1. The largest absolute Gasteiger partial charge is 0.468 e. The lowest BCUT2D eigenvalue weighted by atomic mass is 9.68. The molecular formula is C26H27N3O8. The SMILES string of the molecule is COC(=O)CN1C(=O)C2(C(C(=O)OC)=C(N)Oc3cc(C)n(CC4CCCO4)c(=O)c32)c2ccccc21. The minimum atomic E-state index is -2.00. The second kappa shape index (κ2) is 9.07. The summed E-state index contributed by atoms with van der Waals surface area (Å²) in [5, 5.41) is 0. The first-order chi connectivity index (χ1) is 17.7. The fraction of sp³-hybridized carbons (Fsp3) is 0.385. The maximum absolute atomic E-state index is 14.4. The molecule has 1 spiro atoms. The molecule has 0 radical (unpaired) electrons. The van der Waals surface area contributed by atoms with Gasteiger partial charge in [0.25, 0.3) is 5.56 Å². The molecule has 2 aromatic rings. The number of fused-ring (bicyclic) bond motifs is 4. The highest BCUT2D eigenvalue weighted by Crippen LogP contribution is 2.54. The van der Waals surface area contributed by atoms with Gasteiger partial charge >= 0.3 is 11.9 Å². The number of benzene rings is 1. The maximum Gasteiger partial charge on any atom is 0.340 e. The first kappa shape index (κ1) is 24.6. The smallest absolute Gasteiger partial charge is 0.340 e. The van der Waals surface area contributed by atoms with Crippen molar-refractivity contribution < 1.29 is 33.3 Å². The molecule has 5 rings (SSSR count). The molecule has 1 aromatic heterocycles. The van der Waals surface area contributed by atoms with Crippen molar-refractivity contribution in [2.75, 3.05) is 32.3 Å². The van der Waals surface area contributed by atoms with E-state index in [2.05, 4.69) is 0 Å². The van der Waals surface area contributed by atoms with E-state index in [0.29, 0.717) is 23.6 Å². The Morgan fingerprint density at radius 2 is 1.95 bits per heavy atom. The predicted molar refractivity (Wildman–Crippen MR) is 130 cm³/mol. The van der Waals surface area contributed by atoms with Gasteiger partial charge in [-0.2, -0.15) is 0 Å². The zero-order valence-corrected chi connectivity index (χ0v) is 20.7. The molecule has 2 unspecified atom stereocenters. The van der Waals surface area contributed by atoms with Crippen LogP contribution in [0.15, 0.2) is 46.6 Å². The van der Waals surface area contributed by atoms with Gasteiger partial charge in [-0.1, -0.05) is 18.2 Å². The summed E-state index contributed by atoms with van der Waals surface area (Å²) in [6, 6.07) is 8.23. The van der Waals surface area contributed by atoms with E-state index in [1.54, 1.807) is 37.3 Å². The predicted octanol–water partition coefficient (Wildman–Crippen LogP) is 0.877. The molecule has 2 N–H and O–H groups in total. The van der Waals surface area contributed by atoms with Crippen molar-refractivity contribution in [1.29, 1.82) is 0 Å². The summed E-state index contributed by atoms with van der Waals surface area (Å²) in [5.41, 5.74) is 4.55. The number of aryl methyl sites for hydroxylation is 1. The Balaban J connectivity index is 1.84. The van der Waals surface area contributed by atoms with Crippen LogP contribution in [-0.4, -0.2) is 55.9 Å². The summed E-state index contributed by atoms with van der Waals surface area (Å²) < 4.78 is 22.9. The van der Waals surface area contributed by atoms with Crippen LogP contribution in [0.25, 0.3) is 0 Å². The lowest BCUT2D eigenvalue weighted by molar-refractivity contribution is -0.140. The van der Waals surface area contributed by atoms with Gasteiger partial charge in [0.1, 0.15) is 23.3 Å². The van der Waals surface area contributed by atoms with Gasteiger partial charge < -0.3 is 29.2 Å². The summed E-state index contributed by atoms with van der Waals surface area (Å²) in [6.07, 6.45) is 1.51. The van der Waals surface area contributed by atoms with Crippen molar-refractivity contribution in [2.45, 2.75) is 37.8 Å². The third-order valence-corrected chi connectivity index (χ3v) is 7.17. The molecule has 11 heteroatoms. The second-order valence-electron chi connectivity index (χ2n) is 9.14. The van der Waals surface area contributed by atoms with Gasteiger partial charge in [0.05, 0.1) is 32.4 Å². The molecule has 4 heterocycles. The molecular weight excluding hydrogens is 482 g/mol. The van der Waals surface area contributed by atoms with Crippen LogP contribution in [0.5, 0.6) is 5.75 Å². The Labute approximate surface area is 212 Å². The summed E-state index contributed by atoms with van der Waals surface area (Å²) >= 11 is 0. The van der Waals surface area contributed by atoms with Gasteiger partial charge in [0.2, 0.25) is 11.8 Å². The fourth-order valence-electron chi connectivity index (χ4n) is 5.51. The topological polar surface area (TPSA) is 139 Å². The molecule has 0 aliphatic carbocycles. The van der Waals surface area contributed by atoms with Crippen LogP contribution in [0.3, 0.4) is 0 Å². The molecule has 0 bridgehead atoms. The third kappa shape index (κ3) is 3.52. The van der Waals surface area contributed by atoms with Crippen molar-refractivity contribution in [2.24, 2.45) is 5.73 Å². The number of para-hydroxylation sites is 1. The molecule has 11 nitrogen and oxygen atoms in total. The van der Waals surface area contributed by atoms with Gasteiger partial charge in [0.15, 0.2) is 0 Å². The number of esters is 2. The number of rotatable bonds is 5. The number of nitrogens with two attached hydrogens (primary N) is 1. The van der Waals surface area contributed by atoms with Gasteiger partial charge in [-0.05, 0) is 25.8 Å². The Bertz CT molecular complexity index is 1410. The second-order valence-corrected chi connectivity index (χ2v) is 9.14. The van der Waals surface area contributed by atoms with E-state index < -0.39 is 35.4 Å². The third-order valence-electron chi connectivity index (χ3n) is 7.17. The van der Waals surface area contributed by atoms with E-state index in [1.807, 2.05) is 0 Å². The molecule has 0 saturated carbocycles. The molecule has 1 aromatic carbocycles. The fourth-order valence-corrected chi connectivity index (χ4v) is 5.51. The van der Waals surface area contributed by atoms with Gasteiger partial charge in [-0.3, -0.25) is 19.3 Å². The number of anilines is 1. The average molecular weight is 510 g/mol. The average Bonchev–Trinajstić information content (AvgIpc) is 3.48. The molecule has 3 aliphatic heterocycles. The van der Waals surface area contributed by atoms with E-state index >= 15 is 0 Å². The zero-order chi connectivity index (χ0) is 26.5. The summed E-state index contributed by atoms with van der Waals surface area (Å²) in [7, 11) is 2.35. The molecule has 194 valence electrons. The Morgan fingerprint density at radius 3 is 2.62 bits per heavy atom. The number of nitrogens with zero attached hydrogens (tertiary/aromatic N) is 2. The summed E-state index contributed by atoms with van der Waals surface area (Å²) in [4.78, 5) is 55.3. The van der Waals surface area contributed by atoms with E-state index in [1.165, 1.54) is 16.6 Å². The number of pyridine rings is 1. The summed E-state index contributed by atoms with van der Waals surface area (Å²) in [6.45, 7) is 2.18. The van der Waals surface area contributed by atoms with Gasteiger partial charge in [-0.25, -0.2) is 4.79 Å². The lowest BCUT2D eigenvalue weighted by Gasteiger charge is -2.36. The number of carbonyl (C=O) groups excluding carboxylic acids is 3. The monoisotopic (exact) mass is 509 g/mol. The van der Waals surface area contributed by atoms with E-state index in [4.69, 9.17) is 24.7 Å². The number of methoxy groups -OCH3 is 2. The standard InChI is InChI=1S/C26H27N3O8/c1-14-11-18-20(23(31)28(14)12-15-7-6-10-36-15)26(21(22(27)37-18)24(32)35-3)16-8-4-5-9-17(16)29(25(26)33)13-19(30)34-2/h4-5,8-9,11,15H,6-7,10,12-13,27H2,1-3H3. The molecule has 3 aliphatic rings. The van der Waals surface area contributed by atoms with E-state index in [0.717, 1.165) is 20.0 Å². The van der Waals surface area contributed by atoms with E-state index in [-0.39, 0.29) is 35.4 Å². The van der Waals surface area contributed by atoms with Crippen LogP contribution >= 0.6 is 0 Å². The molecule has 2 atom stereocenters. The van der Waals surface area contributed by atoms with Gasteiger partial charge in [-0.15, -0.1) is 0 Å². The summed E-state index contributed by atoms with van der Waals surface area (Å²) in [5.74, 6) is -2.63. The highest BCUT2D eigenvalue weighted by molar-refractivity contribution is 6.19. The maximum atomic E-state index is 14.4. The number of hydrogen-bond donors (Lipinski definition) is 1. The van der Waals surface area contributed by atoms with E-state index in [9.17, 15) is 19.2 Å². The first-order valence-electron chi connectivity index (χ1n) is 11.9. The van der Waals surface area contributed by atoms with Crippen LogP contribution in [0.4, 0.5) is 5.69 Å². The highest BCUT2D eigenvalue weighted by Gasteiger charge is 2.62. The number of ether oxygens (including phenoxy) is 4. The Hall–Kier alpha value is -4.12. The minimum absolute atomic E-state index is 0.0549.